The summed E-state index contributed by atoms with van der Waals surface area (Å²) in [7, 11) is 0. The van der Waals surface area contributed by atoms with Gasteiger partial charge in [-0.1, -0.05) is 12.1 Å². The molecule has 1 atom stereocenters. The molecule has 2 rings (SSSR count). The van der Waals surface area contributed by atoms with Crippen LogP contribution in [0.2, 0.25) is 0 Å². The van der Waals surface area contributed by atoms with E-state index in [9.17, 15) is 23.2 Å². The fourth-order valence-corrected chi connectivity index (χ4v) is 2.23. The molecule has 0 aliphatic heterocycles. The minimum atomic E-state index is -3.23. The molecule has 26 heavy (non-hydrogen) atoms. The number of hydrogen-bond donors (Lipinski definition) is 2. The van der Waals surface area contributed by atoms with E-state index in [-0.39, 0.29) is 18.2 Å². The minimum Gasteiger partial charge on any atom is -0.370 e. The third-order valence-corrected chi connectivity index (χ3v) is 3.96. The van der Waals surface area contributed by atoms with Crippen molar-refractivity contribution < 1.29 is 27.7 Å². The van der Waals surface area contributed by atoms with Crippen LogP contribution in [0.3, 0.4) is 0 Å². The highest BCUT2D eigenvalue weighted by Gasteiger charge is 2.33. The zero-order valence-corrected chi connectivity index (χ0v) is 14.3. The van der Waals surface area contributed by atoms with Gasteiger partial charge in [0.2, 0.25) is 23.5 Å². The Morgan fingerprint density at radius 1 is 1.42 bits per heavy atom. The maximum atomic E-state index is 13.6. The van der Waals surface area contributed by atoms with E-state index in [1.807, 2.05) is 0 Å². The van der Waals surface area contributed by atoms with Gasteiger partial charge in [0, 0.05) is 25.2 Å². The average molecular weight is 371 g/mol. The molecule has 0 spiro atoms. The van der Waals surface area contributed by atoms with Gasteiger partial charge in [0.05, 0.1) is 12.5 Å². The van der Waals surface area contributed by atoms with Crippen molar-refractivity contribution in [1.29, 1.82) is 0 Å². The average Bonchev–Trinajstić information content (AvgIpc) is 3.33. The van der Waals surface area contributed by atoms with Gasteiger partial charge in [0.15, 0.2) is 5.82 Å². The zero-order chi connectivity index (χ0) is 19.3. The molecule has 1 aliphatic rings. The summed E-state index contributed by atoms with van der Waals surface area (Å²) in [6, 6.07) is -0.953. The first-order valence-corrected chi connectivity index (χ1v) is 8.39. The topological polar surface area (TPSA) is 128 Å². The molecule has 0 bridgehead atoms. The lowest BCUT2D eigenvalue weighted by molar-refractivity contribution is -0.120. The fourth-order valence-electron chi connectivity index (χ4n) is 2.23. The summed E-state index contributed by atoms with van der Waals surface area (Å²) in [5.74, 6) is -4.97. The van der Waals surface area contributed by atoms with Crippen molar-refractivity contribution in [3.63, 3.8) is 0 Å². The molecule has 1 aromatic heterocycles. The molecule has 143 valence electrons. The third kappa shape index (κ3) is 5.85. The van der Waals surface area contributed by atoms with Gasteiger partial charge in [0.1, 0.15) is 0 Å². The molecule has 1 heterocycles. The number of nitrogens with two attached hydrogens (primary N) is 1. The molecule has 1 radical (unpaired) electrons. The lowest BCUT2D eigenvalue weighted by Gasteiger charge is -2.17. The molecular weight excluding hydrogens is 350 g/mol. The lowest BCUT2D eigenvalue weighted by Crippen LogP contribution is -2.41. The number of halogens is 2. The van der Waals surface area contributed by atoms with Gasteiger partial charge in [-0.05, 0) is 19.3 Å². The normalized spacial score (nSPS) is 15.5. The molecule has 1 unspecified atom stereocenters. The van der Waals surface area contributed by atoms with Crippen LogP contribution >= 0.6 is 0 Å². The van der Waals surface area contributed by atoms with Gasteiger partial charge in [-0.2, -0.15) is 4.98 Å². The van der Waals surface area contributed by atoms with Crippen LogP contribution < -0.4 is 11.1 Å². The first kappa shape index (κ1) is 19.9. The Hall–Kier alpha value is -2.39. The van der Waals surface area contributed by atoms with E-state index < -0.39 is 48.8 Å². The summed E-state index contributed by atoms with van der Waals surface area (Å²) in [5, 5.41) is 6.09. The molecule has 2 amide bonds. The van der Waals surface area contributed by atoms with Crippen molar-refractivity contribution in [1.82, 2.24) is 15.5 Å². The van der Waals surface area contributed by atoms with Crippen molar-refractivity contribution in [3.05, 3.63) is 18.1 Å². The second-order valence-electron chi connectivity index (χ2n) is 6.30. The van der Waals surface area contributed by atoms with E-state index in [0.29, 0.717) is 5.82 Å². The molecule has 3 N–H and O–H groups in total. The first-order valence-electron chi connectivity index (χ1n) is 8.39. The molecule has 0 aromatic carbocycles. The van der Waals surface area contributed by atoms with E-state index in [1.54, 1.807) is 6.92 Å². The van der Waals surface area contributed by atoms with Crippen LogP contribution in [0, 0.1) is 6.42 Å². The Labute approximate surface area is 148 Å². The SMILES string of the molecule is CCC(NC(=O)[CH]CC(F)(F)CCC(N)=O)C(=O)c1nc(C2CC2)no1. The number of hydrogen-bond acceptors (Lipinski definition) is 6. The van der Waals surface area contributed by atoms with Crippen LogP contribution in [0.5, 0.6) is 0 Å². The Morgan fingerprint density at radius 2 is 2.12 bits per heavy atom. The van der Waals surface area contributed by atoms with Gasteiger partial charge in [0.25, 0.3) is 5.89 Å². The molecule has 1 saturated carbocycles. The van der Waals surface area contributed by atoms with Gasteiger partial charge in [-0.3, -0.25) is 14.4 Å². The number of nitrogens with zero attached hydrogens (tertiary/aromatic N) is 2. The Morgan fingerprint density at radius 3 is 2.69 bits per heavy atom. The molecule has 8 nitrogen and oxygen atoms in total. The highest BCUT2D eigenvalue weighted by Crippen LogP contribution is 2.38. The van der Waals surface area contributed by atoms with Crippen molar-refractivity contribution in [2.75, 3.05) is 0 Å². The van der Waals surface area contributed by atoms with Crippen molar-refractivity contribution in [2.45, 2.75) is 63.3 Å². The Balaban J connectivity index is 1.84. The smallest absolute Gasteiger partial charge is 0.296 e. The molecular formula is C16H21F2N4O4. The van der Waals surface area contributed by atoms with E-state index in [0.717, 1.165) is 19.3 Å². The minimum absolute atomic E-state index is 0.203. The number of aromatic nitrogens is 2. The number of primary amides is 1. The molecule has 0 saturated heterocycles. The first-order chi connectivity index (χ1) is 12.2. The summed E-state index contributed by atoms with van der Waals surface area (Å²) >= 11 is 0. The zero-order valence-electron chi connectivity index (χ0n) is 14.3. The Kier molecular flexibility index (Phi) is 6.38. The molecule has 10 heteroatoms. The maximum absolute atomic E-state index is 13.6. The number of alkyl halides is 2. The number of ketones is 1. The Bertz CT molecular complexity index is 673. The van der Waals surface area contributed by atoms with Crippen LogP contribution in [-0.2, 0) is 9.59 Å². The lowest BCUT2D eigenvalue weighted by atomic mass is 10.1. The van der Waals surface area contributed by atoms with Crippen LogP contribution in [0.4, 0.5) is 8.78 Å². The maximum Gasteiger partial charge on any atom is 0.296 e. The van der Waals surface area contributed by atoms with Crippen molar-refractivity contribution >= 4 is 17.6 Å². The molecule has 1 aromatic rings. The standard InChI is InChI=1S/C16H21F2N4O4/c1-2-10(13(25)15-21-14(22-26-15)9-3-4-9)20-12(24)6-8-16(17,18)7-5-11(19)23/h6,9-10H,2-5,7-8H2,1H3,(H2,19,23)(H,20,24). The summed E-state index contributed by atoms with van der Waals surface area (Å²) < 4.78 is 32.0. The number of rotatable bonds is 11. The quantitative estimate of drug-likeness (QED) is 0.568. The fraction of sp³-hybridized carbons (Fsp3) is 0.625. The number of nitrogens with one attached hydrogen (secondary N) is 1. The molecule has 1 fully saturated rings. The van der Waals surface area contributed by atoms with Gasteiger partial charge in [-0.15, -0.1) is 0 Å². The largest absolute Gasteiger partial charge is 0.370 e. The number of carbonyl (C=O) groups excluding carboxylic acids is 3. The van der Waals surface area contributed by atoms with E-state index in [2.05, 4.69) is 15.5 Å². The van der Waals surface area contributed by atoms with Crippen molar-refractivity contribution in [3.8, 4) is 0 Å². The van der Waals surface area contributed by atoms with E-state index in [1.165, 1.54) is 0 Å². The predicted molar refractivity (Wildman–Crippen MR) is 85.1 cm³/mol. The summed E-state index contributed by atoms with van der Waals surface area (Å²) in [6.07, 6.45) is 0.800. The van der Waals surface area contributed by atoms with Gasteiger partial charge < -0.3 is 15.6 Å². The highest BCUT2D eigenvalue weighted by atomic mass is 19.3. The summed E-state index contributed by atoms with van der Waals surface area (Å²) in [4.78, 5) is 38.8. The van der Waals surface area contributed by atoms with Gasteiger partial charge in [-0.25, -0.2) is 8.78 Å². The number of amides is 2. The van der Waals surface area contributed by atoms with E-state index in [4.69, 9.17) is 10.3 Å². The van der Waals surface area contributed by atoms with Gasteiger partial charge >= 0.3 is 0 Å². The predicted octanol–water partition coefficient (Wildman–Crippen LogP) is 1.52. The summed E-state index contributed by atoms with van der Waals surface area (Å²) in [5.41, 5.74) is 4.83. The highest BCUT2D eigenvalue weighted by molar-refractivity contribution is 5.99. The van der Waals surface area contributed by atoms with Crippen LogP contribution in [0.15, 0.2) is 4.52 Å². The summed E-state index contributed by atoms with van der Waals surface area (Å²) in [6.45, 7) is 1.66. The van der Waals surface area contributed by atoms with E-state index >= 15 is 0 Å². The van der Waals surface area contributed by atoms with Crippen LogP contribution in [0.1, 0.15) is 67.9 Å². The molecule has 1 aliphatic carbocycles. The second kappa shape index (κ2) is 8.33. The third-order valence-electron chi connectivity index (χ3n) is 3.96. The van der Waals surface area contributed by atoms with Crippen molar-refractivity contribution in [2.24, 2.45) is 5.73 Å². The number of carbonyl (C=O) groups is 3. The monoisotopic (exact) mass is 371 g/mol. The number of Topliss-reactive ketones (excluding diaryl/α,β-unsaturated/α-hetero) is 1. The second-order valence-corrected chi connectivity index (χ2v) is 6.30. The van der Waals surface area contributed by atoms with Crippen LogP contribution in [-0.4, -0.2) is 39.7 Å². The van der Waals surface area contributed by atoms with Crippen LogP contribution in [0.25, 0.3) is 0 Å².